The van der Waals surface area contributed by atoms with Gasteiger partial charge in [0.15, 0.2) is 0 Å². The predicted octanol–water partition coefficient (Wildman–Crippen LogP) is 0.571. The molecule has 0 aliphatic rings. The van der Waals surface area contributed by atoms with Gasteiger partial charge in [-0.05, 0) is 31.7 Å². The zero-order valence-corrected chi connectivity index (χ0v) is 10.3. The van der Waals surface area contributed by atoms with E-state index in [9.17, 15) is 18.3 Å². The van der Waals surface area contributed by atoms with Crippen molar-refractivity contribution < 1.29 is 23.4 Å². The number of alkyl halides is 3. The summed E-state index contributed by atoms with van der Waals surface area (Å²) in [4.78, 5) is 6.87. The molecule has 1 N–H and O–H groups in total. The summed E-state index contributed by atoms with van der Waals surface area (Å²) in [7, 11) is 0. The summed E-state index contributed by atoms with van der Waals surface area (Å²) in [5, 5.41) is 26.3. The molecule has 5 nitrogen and oxygen atoms in total. The summed E-state index contributed by atoms with van der Waals surface area (Å²) in [6, 6.07) is 0.762. The Hall–Kier alpha value is -2.12. The van der Waals surface area contributed by atoms with Crippen LogP contribution in [0, 0.1) is 5.41 Å². The van der Waals surface area contributed by atoms with E-state index in [4.69, 9.17) is 10.5 Å². The third-order valence-corrected chi connectivity index (χ3v) is 1.66. The standard InChI is InChI=1S/C9H9F3N2O.C2H5NO/c1-2-14-8(15)6-5-13-4-3-7(6)9(10,11)12;1-2(3)4/h3-5H,2H2,1H3,(H,14,15);1H3,(H2,3,4)/p-2. The summed E-state index contributed by atoms with van der Waals surface area (Å²) in [5.41, 5.74) is -1.51. The number of nitrogens with one attached hydrogen (secondary N) is 1. The van der Waals surface area contributed by atoms with Gasteiger partial charge in [-0.2, -0.15) is 13.2 Å². The van der Waals surface area contributed by atoms with Gasteiger partial charge >= 0.3 is 6.18 Å². The number of halogens is 3. The minimum atomic E-state index is -4.56. The molecule has 0 spiro atoms. The normalized spacial score (nSPS) is 11.5. The lowest BCUT2D eigenvalue weighted by molar-refractivity contribution is -0.217. The number of rotatable bonds is 2. The van der Waals surface area contributed by atoms with Crippen LogP contribution in [-0.2, 0) is 6.18 Å². The zero-order valence-electron chi connectivity index (χ0n) is 10.3. The molecule has 0 aliphatic carbocycles. The minimum Gasteiger partial charge on any atom is -0.862 e. The molecule has 0 atom stereocenters. The maximum absolute atomic E-state index is 12.4. The molecule has 1 aromatic heterocycles. The summed E-state index contributed by atoms with van der Waals surface area (Å²) < 4.78 is 37.3. The van der Waals surface area contributed by atoms with Gasteiger partial charge in [0.25, 0.3) is 0 Å². The number of hydrogen-bond donors (Lipinski definition) is 1. The lowest BCUT2D eigenvalue weighted by atomic mass is 10.1. The Morgan fingerprint density at radius 3 is 2.37 bits per heavy atom. The third kappa shape index (κ3) is 6.39. The fraction of sp³-hybridized carbons (Fsp3) is 0.364. The first-order valence-corrected chi connectivity index (χ1v) is 5.15. The van der Waals surface area contributed by atoms with E-state index in [2.05, 4.69) is 9.98 Å². The van der Waals surface area contributed by atoms with Crippen LogP contribution in [0.25, 0.3) is 0 Å². The average Bonchev–Trinajstić information content (AvgIpc) is 2.27. The van der Waals surface area contributed by atoms with E-state index in [1.807, 2.05) is 0 Å². The third-order valence-electron chi connectivity index (χ3n) is 1.66. The van der Waals surface area contributed by atoms with Crippen LogP contribution in [-0.4, -0.2) is 23.3 Å². The lowest BCUT2D eigenvalue weighted by Crippen LogP contribution is -2.24. The molecular weight excluding hydrogens is 263 g/mol. The van der Waals surface area contributed by atoms with Crippen LogP contribution in [0.15, 0.2) is 23.5 Å². The molecule has 19 heavy (non-hydrogen) atoms. The molecule has 0 aromatic carbocycles. The molecule has 0 fully saturated rings. The number of aromatic nitrogens is 1. The topological polar surface area (TPSA) is 95.2 Å². The Bertz CT molecular complexity index is 455. The molecule has 0 bridgehead atoms. The van der Waals surface area contributed by atoms with Crippen LogP contribution in [0.1, 0.15) is 25.0 Å². The van der Waals surface area contributed by atoms with Crippen molar-refractivity contribution >= 4 is 11.8 Å². The molecule has 1 rings (SSSR count). The van der Waals surface area contributed by atoms with Gasteiger partial charge in [-0.15, -0.1) is 0 Å². The largest absolute Gasteiger partial charge is 0.862 e. The van der Waals surface area contributed by atoms with Gasteiger partial charge in [0.05, 0.1) is 5.56 Å². The van der Waals surface area contributed by atoms with Crippen LogP contribution in [0.3, 0.4) is 0 Å². The van der Waals surface area contributed by atoms with Crippen molar-refractivity contribution in [3.05, 3.63) is 29.6 Å². The van der Waals surface area contributed by atoms with Crippen molar-refractivity contribution in [2.75, 3.05) is 6.54 Å². The van der Waals surface area contributed by atoms with E-state index in [0.29, 0.717) is 0 Å². The number of aliphatic imine (C=N–C) groups is 1. The highest BCUT2D eigenvalue weighted by molar-refractivity contribution is 5.92. The van der Waals surface area contributed by atoms with Gasteiger partial charge in [0, 0.05) is 24.5 Å². The second-order valence-electron chi connectivity index (χ2n) is 3.25. The molecule has 0 amide bonds. The number of hydrogen-bond acceptors (Lipinski definition) is 5. The fourth-order valence-electron chi connectivity index (χ4n) is 1.04. The van der Waals surface area contributed by atoms with Crippen molar-refractivity contribution in [3.8, 4) is 0 Å². The van der Waals surface area contributed by atoms with Gasteiger partial charge in [-0.25, -0.2) is 0 Å². The molecule has 0 unspecified atom stereocenters. The first-order chi connectivity index (χ1) is 8.70. The molecule has 106 valence electrons. The van der Waals surface area contributed by atoms with E-state index in [1.165, 1.54) is 6.92 Å². The first-order valence-electron chi connectivity index (χ1n) is 5.15. The second kappa shape index (κ2) is 7.34. The van der Waals surface area contributed by atoms with Gasteiger partial charge in [0.2, 0.25) is 0 Å². The van der Waals surface area contributed by atoms with Crippen molar-refractivity contribution in [3.63, 3.8) is 0 Å². The fourth-order valence-corrected chi connectivity index (χ4v) is 1.04. The highest BCUT2D eigenvalue weighted by Crippen LogP contribution is 2.31. The summed E-state index contributed by atoms with van der Waals surface area (Å²) in [6.07, 6.45) is -2.69. The van der Waals surface area contributed by atoms with Gasteiger partial charge < -0.3 is 20.6 Å². The Balaban J connectivity index is 0.000000711. The quantitative estimate of drug-likeness (QED) is 0.631. The first kappa shape index (κ1) is 16.9. The van der Waals surface area contributed by atoms with Gasteiger partial charge in [-0.3, -0.25) is 4.98 Å². The molecule has 0 radical (unpaired) electrons. The van der Waals surface area contributed by atoms with Gasteiger partial charge in [-0.1, -0.05) is 0 Å². The lowest BCUT2D eigenvalue weighted by Gasteiger charge is -2.16. The summed E-state index contributed by atoms with van der Waals surface area (Å²) in [5.74, 6) is -1.47. The molecule has 1 aromatic rings. The highest BCUT2D eigenvalue weighted by atomic mass is 19.4. The van der Waals surface area contributed by atoms with Gasteiger partial charge in [0.1, 0.15) is 0 Å². The van der Waals surface area contributed by atoms with Crippen molar-refractivity contribution in [1.29, 1.82) is 5.41 Å². The number of nitrogens with zero attached hydrogens (tertiary/aromatic N) is 2. The van der Waals surface area contributed by atoms with Crippen LogP contribution >= 0.6 is 0 Å². The Morgan fingerprint density at radius 1 is 1.42 bits per heavy atom. The number of pyridine rings is 1. The highest BCUT2D eigenvalue weighted by Gasteiger charge is 2.33. The predicted molar refractivity (Wildman–Crippen MR) is 59.7 cm³/mol. The van der Waals surface area contributed by atoms with Crippen LogP contribution in [0.4, 0.5) is 13.2 Å². The van der Waals surface area contributed by atoms with Crippen molar-refractivity contribution in [1.82, 2.24) is 4.98 Å². The summed E-state index contributed by atoms with van der Waals surface area (Å²) in [6.45, 7) is 2.91. The molecule has 1 heterocycles. The molecular formula is C11H12F3N3O2-2. The van der Waals surface area contributed by atoms with E-state index in [0.717, 1.165) is 18.5 Å². The monoisotopic (exact) mass is 275 g/mol. The van der Waals surface area contributed by atoms with Crippen LogP contribution in [0.5, 0.6) is 0 Å². The molecule has 0 saturated heterocycles. The molecule has 0 saturated carbocycles. The van der Waals surface area contributed by atoms with Crippen LogP contribution in [0.2, 0.25) is 0 Å². The van der Waals surface area contributed by atoms with Crippen molar-refractivity contribution in [2.45, 2.75) is 20.0 Å². The molecule has 0 aliphatic heterocycles. The maximum Gasteiger partial charge on any atom is 0.417 e. The smallest absolute Gasteiger partial charge is 0.417 e. The zero-order chi connectivity index (χ0) is 15.1. The molecule has 8 heteroatoms. The average molecular weight is 275 g/mol. The van der Waals surface area contributed by atoms with E-state index in [-0.39, 0.29) is 6.54 Å². The van der Waals surface area contributed by atoms with E-state index >= 15 is 0 Å². The summed E-state index contributed by atoms with van der Waals surface area (Å²) >= 11 is 0. The van der Waals surface area contributed by atoms with Crippen LogP contribution < -0.4 is 10.2 Å². The second-order valence-corrected chi connectivity index (χ2v) is 3.25. The Morgan fingerprint density at radius 2 is 1.95 bits per heavy atom. The van der Waals surface area contributed by atoms with E-state index in [1.54, 1.807) is 6.92 Å². The van der Waals surface area contributed by atoms with E-state index < -0.39 is 29.1 Å². The Labute approximate surface area is 108 Å². The SMILES string of the molecule is CC(=N)[O-].CCN=C([O-])c1cnccc1C(F)(F)F. The Kier molecular flexibility index (Phi) is 6.53. The minimum absolute atomic E-state index is 0.144. The van der Waals surface area contributed by atoms with Crippen molar-refractivity contribution in [2.24, 2.45) is 4.99 Å². The maximum atomic E-state index is 12.4.